The molecular weight excluding hydrogens is 432 g/mol. The van der Waals surface area contributed by atoms with Crippen LogP contribution in [-0.2, 0) is 25.5 Å². The molecule has 0 amide bonds. The molecule has 0 saturated carbocycles. The first-order chi connectivity index (χ1) is 16.5. The molecule has 2 atom stereocenters. The number of hydrogen-bond acceptors (Lipinski definition) is 6. The first-order valence-corrected chi connectivity index (χ1v) is 12.1. The maximum Gasteiger partial charge on any atom is 0.347 e. The third-order valence-corrected chi connectivity index (χ3v) is 5.76. The SMILES string of the molecule is CCOC(=O)C(CC)Oc1c2ccccc2c(OC(CC)C(=O)OCC)c2cc(CC)ccc12. The Morgan fingerprint density at radius 1 is 0.676 bits per heavy atom. The predicted octanol–water partition coefficient (Wildman–Crippen LogP) is 6.00. The standard InChI is InChI=1S/C28H34O6/c1-6-18-15-16-21-22(17-18)26(34-24(8-3)28(30)32-10-5)20-14-12-11-13-19(20)25(21)33-23(7-2)27(29)31-9-4/h11-17,23-24H,6-10H2,1-5H3. The third kappa shape index (κ3) is 5.27. The Bertz CT molecular complexity index is 1150. The minimum absolute atomic E-state index is 0.291. The summed E-state index contributed by atoms with van der Waals surface area (Å²) in [6.07, 6.45) is 0.328. The van der Waals surface area contributed by atoms with Crippen LogP contribution in [0.1, 0.15) is 53.0 Å². The van der Waals surface area contributed by atoms with E-state index in [1.165, 1.54) is 0 Å². The summed E-state index contributed by atoms with van der Waals surface area (Å²) in [6, 6.07) is 13.8. The highest BCUT2D eigenvalue weighted by atomic mass is 16.6. The van der Waals surface area contributed by atoms with Gasteiger partial charge in [0.05, 0.1) is 13.2 Å². The van der Waals surface area contributed by atoms with Gasteiger partial charge in [0, 0.05) is 21.5 Å². The van der Waals surface area contributed by atoms with Gasteiger partial charge in [-0.15, -0.1) is 0 Å². The van der Waals surface area contributed by atoms with Crippen LogP contribution in [0, 0.1) is 0 Å². The molecule has 182 valence electrons. The predicted molar refractivity (Wildman–Crippen MR) is 134 cm³/mol. The number of carbonyl (C=O) groups is 2. The van der Waals surface area contributed by atoms with Gasteiger partial charge in [-0.25, -0.2) is 9.59 Å². The van der Waals surface area contributed by atoms with Crippen LogP contribution in [0.3, 0.4) is 0 Å². The van der Waals surface area contributed by atoms with E-state index < -0.39 is 12.2 Å². The molecule has 6 nitrogen and oxygen atoms in total. The van der Waals surface area contributed by atoms with E-state index in [1.807, 2.05) is 50.2 Å². The number of carbonyl (C=O) groups excluding carboxylic acids is 2. The molecule has 0 heterocycles. The lowest BCUT2D eigenvalue weighted by molar-refractivity contribution is -0.152. The number of esters is 2. The Balaban J connectivity index is 2.25. The maximum absolute atomic E-state index is 12.5. The Kier molecular flexibility index (Phi) is 8.74. The second-order valence-electron chi connectivity index (χ2n) is 7.97. The second-order valence-corrected chi connectivity index (χ2v) is 7.97. The normalized spacial score (nSPS) is 12.9. The molecule has 0 aliphatic carbocycles. The van der Waals surface area contributed by atoms with E-state index in [1.54, 1.807) is 13.8 Å². The zero-order valence-electron chi connectivity index (χ0n) is 20.7. The first kappa shape index (κ1) is 25.3. The Morgan fingerprint density at radius 3 is 1.59 bits per heavy atom. The Morgan fingerprint density at radius 2 is 1.15 bits per heavy atom. The van der Waals surface area contributed by atoms with E-state index in [9.17, 15) is 9.59 Å². The highest BCUT2D eigenvalue weighted by Gasteiger charge is 2.26. The third-order valence-electron chi connectivity index (χ3n) is 5.76. The molecule has 0 radical (unpaired) electrons. The molecule has 0 aliphatic heterocycles. The van der Waals surface area contributed by atoms with Crippen LogP contribution >= 0.6 is 0 Å². The molecule has 0 N–H and O–H groups in total. The van der Waals surface area contributed by atoms with Gasteiger partial charge in [0.1, 0.15) is 11.5 Å². The van der Waals surface area contributed by atoms with Crippen molar-refractivity contribution < 1.29 is 28.5 Å². The fraction of sp³-hybridized carbons (Fsp3) is 0.429. The van der Waals surface area contributed by atoms with Crippen LogP contribution in [0.15, 0.2) is 42.5 Å². The zero-order valence-corrected chi connectivity index (χ0v) is 20.7. The minimum atomic E-state index is -0.730. The molecule has 3 rings (SSSR count). The monoisotopic (exact) mass is 466 g/mol. The van der Waals surface area contributed by atoms with Gasteiger partial charge in [-0.1, -0.05) is 57.2 Å². The molecule has 0 aliphatic rings. The summed E-state index contributed by atoms with van der Waals surface area (Å²) in [4.78, 5) is 25.1. The van der Waals surface area contributed by atoms with Crippen molar-refractivity contribution in [2.24, 2.45) is 0 Å². The summed E-state index contributed by atoms with van der Waals surface area (Å²) in [5.74, 6) is 0.436. The van der Waals surface area contributed by atoms with Crippen molar-refractivity contribution in [2.75, 3.05) is 13.2 Å². The van der Waals surface area contributed by atoms with Gasteiger partial charge in [-0.2, -0.15) is 0 Å². The van der Waals surface area contributed by atoms with Crippen LogP contribution in [-0.4, -0.2) is 37.4 Å². The summed E-state index contributed by atoms with van der Waals surface area (Å²) in [7, 11) is 0. The smallest absolute Gasteiger partial charge is 0.347 e. The van der Waals surface area contributed by atoms with E-state index in [4.69, 9.17) is 18.9 Å². The zero-order chi connectivity index (χ0) is 24.7. The Labute approximate surface area is 201 Å². The quantitative estimate of drug-likeness (QED) is 0.255. The Hall–Kier alpha value is -3.28. The van der Waals surface area contributed by atoms with Crippen molar-refractivity contribution in [3.63, 3.8) is 0 Å². The largest absolute Gasteiger partial charge is 0.477 e. The topological polar surface area (TPSA) is 71.1 Å². The fourth-order valence-electron chi connectivity index (χ4n) is 3.97. The van der Waals surface area contributed by atoms with Crippen molar-refractivity contribution in [3.05, 3.63) is 48.0 Å². The molecule has 34 heavy (non-hydrogen) atoms. The van der Waals surface area contributed by atoms with Crippen molar-refractivity contribution in [2.45, 2.75) is 66.1 Å². The summed E-state index contributed by atoms with van der Waals surface area (Å²) in [5.41, 5.74) is 1.13. The number of rotatable bonds is 11. The lowest BCUT2D eigenvalue weighted by Gasteiger charge is -2.23. The summed E-state index contributed by atoms with van der Waals surface area (Å²) < 4.78 is 23.1. The van der Waals surface area contributed by atoms with Gasteiger partial charge in [-0.05, 0) is 44.7 Å². The molecule has 0 spiro atoms. The van der Waals surface area contributed by atoms with E-state index >= 15 is 0 Å². The highest BCUT2D eigenvalue weighted by molar-refractivity contribution is 6.11. The molecule has 6 heteroatoms. The number of fused-ring (bicyclic) bond motifs is 2. The van der Waals surface area contributed by atoms with Gasteiger partial charge in [-0.3, -0.25) is 0 Å². The number of ether oxygens (including phenoxy) is 4. The van der Waals surface area contributed by atoms with Gasteiger partial charge in [0.15, 0.2) is 12.2 Å². The number of hydrogen-bond donors (Lipinski definition) is 0. The van der Waals surface area contributed by atoms with E-state index in [0.29, 0.717) is 37.6 Å². The fourth-order valence-corrected chi connectivity index (χ4v) is 3.97. The van der Waals surface area contributed by atoms with Gasteiger partial charge < -0.3 is 18.9 Å². The molecule has 0 saturated heterocycles. The second kappa shape index (κ2) is 11.7. The molecular formula is C28H34O6. The van der Waals surface area contributed by atoms with Crippen molar-refractivity contribution >= 4 is 33.5 Å². The van der Waals surface area contributed by atoms with Crippen LogP contribution in [0.4, 0.5) is 0 Å². The maximum atomic E-state index is 12.5. The summed E-state index contributed by atoms with van der Waals surface area (Å²) >= 11 is 0. The summed E-state index contributed by atoms with van der Waals surface area (Å²) in [6.45, 7) is 10.0. The molecule has 0 fully saturated rings. The summed E-state index contributed by atoms with van der Waals surface area (Å²) in [5, 5.41) is 3.25. The van der Waals surface area contributed by atoms with E-state index in [0.717, 1.165) is 33.5 Å². The first-order valence-electron chi connectivity index (χ1n) is 12.1. The molecule has 0 aromatic heterocycles. The number of benzene rings is 3. The number of aryl methyl sites for hydroxylation is 1. The average Bonchev–Trinajstić information content (AvgIpc) is 2.86. The molecule has 3 aromatic carbocycles. The van der Waals surface area contributed by atoms with E-state index in [2.05, 4.69) is 13.0 Å². The minimum Gasteiger partial charge on any atom is -0.477 e. The van der Waals surface area contributed by atoms with Crippen LogP contribution in [0.5, 0.6) is 11.5 Å². The van der Waals surface area contributed by atoms with Gasteiger partial charge in [0.25, 0.3) is 0 Å². The lowest BCUT2D eigenvalue weighted by atomic mass is 9.98. The van der Waals surface area contributed by atoms with Crippen molar-refractivity contribution in [1.82, 2.24) is 0 Å². The van der Waals surface area contributed by atoms with Crippen LogP contribution in [0.2, 0.25) is 0 Å². The van der Waals surface area contributed by atoms with Crippen LogP contribution in [0.25, 0.3) is 21.5 Å². The molecule has 3 aromatic rings. The highest BCUT2D eigenvalue weighted by Crippen LogP contribution is 2.44. The van der Waals surface area contributed by atoms with Crippen LogP contribution < -0.4 is 9.47 Å². The lowest BCUT2D eigenvalue weighted by Crippen LogP contribution is -2.29. The average molecular weight is 467 g/mol. The molecule has 2 unspecified atom stereocenters. The van der Waals surface area contributed by atoms with Gasteiger partial charge >= 0.3 is 11.9 Å². The van der Waals surface area contributed by atoms with Crippen molar-refractivity contribution in [1.29, 1.82) is 0 Å². The molecule has 0 bridgehead atoms. The van der Waals surface area contributed by atoms with Crippen molar-refractivity contribution in [3.8, 4) is 11.5 Å². The van der Waals surface area contributed by atoms with Gasteiger partial charge in [0.2, 0.25) is 0 Å². The van der Waals surface area contributed by atoms with E-state index in [-0.39, 0.29) is 11.9 Å².